The Kier molecular flexibility index (Phi) is 7.52. The predicted octanol–water partition coefficient (Wildman–Crippen LogP) is 4.09. The summed E-state index contributed by atoms with van der Waals surface area (Å²) in [6, 6.07) is 6.24. The number of anilines is 2. The highest BCUT2D eigenvalue weighted by molar-refractivity contribution is 7.99. The third kappa shape index (κ3) is 5.52. The van der Waals surface area contributed by atoms with Crippen LogP contribution in [-0.4, -0.2) is 81.6 Å². The zero-order chi connectivity index (χ0) is 25.7. The van der Waals surface area contributed by atoms with Gasteiger partial charge < -0.3 is 20.4 Å². The van der Waals surface area contributed by atoms with E-state index in [1.807, 2.05) is 30.1 Å². The Morgan fingerprint density at radius 2 is 2.08 bits per heavy atom. The summed E-state index contributed by atoms with van der Waals surface area (Å²) >= 11 is 1.84. The molecule has 0 bridgehead atoms. The van der Waals surface area contributed by atoms with Crippen LogP contribution in [0.1, 0.15) is 12.0 Å². The molecule has 0 radical (unpaired) electrons. The van der Waals surface area contributed by atoms with Crippen molar-refractivity contribution in [3.05, 3.63) is 54.6 Å². The molecule has 1 amide bonds. The number of ether oxygens (including phenoxy) is 1. The van der Waals surface area contributed by atoms with Crippen molar-refractivity contribution in [3.8, 4) is 11.3 Å². The van der Waals surface area contributed by atoms with Gasteiger partial charge in [0.1, 0.15) is 12.1 Å². The van der Waals surface area contributed by atoms with E-state index in [1.54, 1.807) is 18.6 Å². The van der Waals surface area contributed by atoms with E-state index >= 15 is 0 Å². The molecule has 5 heterocycles. The number of carbonyl (C=O) groups is 1. The van der Waals surface area contributed by atoms with Gasteiger partial charge in [-0.3, -0.25) is 9.69 Å². The number of thioether (sulfide) groups is 1. The number of benzene rings is 1. The normalized spacial score (nSPS) is 15.8. The van der Waals surface area contributed by atoms with Crippen LogP contribution in [0.15, 0.2) is 49.1 Å². The Morgan fingerprint density at radius 1 is 1.16 bits per heavy atom. The monoisotopic (exact) mass is 529 g/mol. The van der Waals surface area contributed by atoms with Crippen molar-refractivity contribution in [1.29, 1.82) is 0 Å². The first-order valence-corrected chi connectivity index (χ1v) is 14.2. The summed E-state index contributed by atoms with van der Waals surface area (Å²) in [5.74, 6) is 2.16. The van der Waals surface area contributed by atoms with Crippen LogP contribution in [0.3, 0.4) is 0 Å². The fourth-order valence-electron chi connectivity index (χ4n) is 5.05. The predicted molar refractivity (Wildman–Crippen MR) is 154 cm³/mol. The molecule has 3 N–H and O–H groups in total. The lowest BCUT2D eigenvalue weighted by Crippen LogP contribution is -2.36. The number of amides is 1. The molecule has 3 aromatic heterocycles. The molecule has 1 aromatic carbocycles. The molecule has 0 atom stereocenters. The van der Waals surface area contributed by atoms with Gasteiger partial charge in [-0.1, -0.05) is 6.08 Å². The molecule has 196 valence electrons. The standard InChI is InChI=1S/C28H31N7O2S/c36-27(3-1-11-38-12-2-6-35-7-9-37-10-8-35)34-26-15-21-25(17-31-26)32-18-33-28(21)22-16-30-24-13-19-4-5-29-23(19)14-20(22)24/h1,3,13-18,29-30H,2,4-12H2,(H,31,34,36). The molecule has 6 rings (SSSR count). The lowest BCUT2D eigenvalue weighted by Gasteiger charge is -2.26. The number of aromatic nitrogens is 4. The average Bonchev–Trinajstić information content (AvgIpc) is 3.57. The fraction of sp³-hybridized carbons (Fsp3) is 0.357. The van der Waals surface area contributed by atoms with E-state index in [0.29, 0.717) is 5.82 Å². The zero-order valence-electron chi connectivity index (χ0n) is 21.2. The third-order valence-electron chi connectivity index (χ3n) is 6.99. The minimum Gasteiger partial charge on any atom is -0.384 e. The summed E-state index contributed by atoms with van der Waals surface area (Å²) in [6.45, 7) is 5.81. The van der Waals surface area contributed by atoms with Gasteiger partial charge in [0.05, 0.1) is 30.6 Å². The number of aromatic amines is 1. The van der Waals surface area contributed by atoms with E-state index < -0.39 is 0 Å². The Morgan fingerprint density at radius 3 is 3.00 bits per heavy atom. The maximum absolute atomic E-state index is 12.5. The Balaban J connectivity index is 1.09. The molecule has 0 unspecified atom stereocenters. The van der Waals surface area contributed by atoms with Gasteiger partial charge in [0.25, 0.3) is 0 Å². The number of morpholine rings is 1. The highest BCUT2D eigenvalue weighted by Crippen LogP contribution is 2.36. The Hall–Kier alpha value is -3.47. The van der Waals surface area contributed by atoms with E-state index in [-0.39, 0.29) is 5.91 Å². The molecular formula is C28H31N7O2S. The molecule has 2 aliphatic heterocycles. The molecule has 0 spiro atoms. The molecule has 0 aliphatic carbocycles. The maximum Gasteiger partial charge on any atom is 0.249 e. The van der Waals surface area contributed by atoms with E-state index in [0.717, 1.165) is 96.8 Å². The fourth-order valence-corrected chi connectivity index (χ4v) is 5.78. The van der Waals surface area contributed by atoms with Gasteiger partial charge in [-0.15, -0.1) is 0 Å². The van der Waals surface area contributed by atoms with E-state index in [1.165, 1.54) is 11.3 Å². The van der Waals surface area contributed by atoms with Crippen molar-refractivity contribution < 1.29 is 9.53 Å². The summed E-state index contributed by atoms with van der Waals surface area (Å²) in [7, 11) is 0. The van der Waals surface area contributed by atoms with Crippen LogP contribution in [0.4, 0.5) is 11.5 Å². The minimum absolute atomic E-state index is 0.196. The average molecular weight is 530 g/mol. The van der Waals surface area contributed by atoms with Crippen LogP contribution < -0.4 is 10.6 Å². The first-order valence-electron chi connectivity index (χ1n) is 13.1. The summed E-state index contributed by atoms with van der Waals surface area (Å²) < 4.78 is 5.39. The second-order valence-corrected chi connectivity index (χ2v) is 10.7. The van der Waals surface area contributed by atoms with Gasteiger partial charge in [-0.25, -0.2) is 15.0 Å². The molecule has 10 heteroatoms. The zero-order valence-corrected chi connectivity index (χ0v) is 22.0. The molecule has 1 saturated heterocycles. The number of fused-ring (bicyclic) bond motifs is 3. The van der Waals surface area contributed by atoms with E-state index in [4.69, 9.17) is 4.74 Å². The van der Waals surface area contributed by atoms with Gasteiger partial charge in [0, 0.05) is 65.2 Å². The van der Waals surface area contributed by atoms with Gasteiger partial charge in [-0.2, -0.15) is 11.8 Å². The number of rotatable bonds is 9. The van der Waals surface area contributed by atoms with Gasteiger partial charge >= 0.3 is 0 Å². The van der Waals surface area contributed by atoms with Crippen molar-refractivity contribution in [2.45, 2.75) is 12.8 Å². The molecule has 4 aromatic rings. The van der Waals surface area contributed by atoms with Crippen molar-refractivity contribution >= 4 is 51.0 Å². The van der Waals surface area contributed by atoms with Crippen molar-refractivity contribution in [1.82, 2.24) is 24.8 Å². The molecule has 1 fully saturated rings. The first-order chi connectivity index (χ1) is 18.7. The smallest absolute Gasteiger partial charge is 0.249 e. The van der Waals surface area contributed by atoms with Crippen LogP contribution in [-0.2, 0) is 16.0 Å². The van der Waals surface area contributed by atoms with E-state index in [9.17, 15) is 4.79 Å². The summed E-state index contributed by atoms with van der Waals surface area (Å²) in [5.41, 5.74) is 6.12. The minimum atomic E-state index is -0.196. The molecule has 38 heavy (non-hydrogen) atoms. The summed E-state index contributed by atoms with van der Waals surface area (Å²) in [4.78, 5) is 31.8. The largest absolute Gasteiger partial charge is 0.384 e. The maximum atomic E-state index is 12.5. The number of hydrogen-bond acceptors (Lipinski definition) is 8. The highest BCUT2D eigenvalue weighted by Gasteiger charge is 2.17. The first kappa shape index (κ1) is 24.8. The summed E-state index contributed by atoms with van der Waals surface area (Å²) in [5, 5.41) is 8.28. The van der Waals surface area contributed by atoms with Crippen molar-refractivity contribution in [2.24, 2.45) is 0 Å². The van der Waals surface area contributed by atoms with Gasteiger partial charge in [-0.05, 0) is 48.9 Å². The van der Waals surface area contributed by atoms with Crippen molar-refractivity contribution in [3.63, 3.8) is 0 Å². The number of nitrogens with one attached hydrogen (secondary N) is 3. The second kappa shape index (κ2) is 11.5. The topological polar surface area (TPSA) is 108 Å². The van der Waals surface area contributed by atoms with Gasteiger partial charge in [0.15, 0.2) is 0 Å². The van der Waals surface area contributed by atoms with Crippen LogP contribution in [0.2, 0.25) is 0 Å². The molecule has 2 aliphatic rings. The Bertz CT molecular complexity index is 1480. The van der Waals surface area contributed by atoms with Gasteiger partial charge in [0.2, 0.25) is 5.91 Å². The SMILES string of the molecule is O=C(C=CCSCCCN1CCOCC1)Nc1cc2c(-c3c[nH]c4cc5c(cc34)NCC5)ncnc2cn1. The lowest BCUT2D eigenvalue weighted by atomic mass is 10.0. The Labute approximate surface area is 225 Å². The third-order valence-corrected chi connectivity index (χ3v) is 8.00. The number of carbonyl (C=O) groups excluding carboxylic acids is 1. The van der Waals surface area contributed by atoms with Crippen LogP contribution >= 0.6 is 11.8 Å². The van der Waals surface area contributed by atoms with Crippen LogP contribution in [0, 0.1) is 0 Å². The number of pyridine rings is 1. The van der Waals surface area contributed by atoms with Crippen molar-refractivity contribution in [2.75, 3.05) is 61.5 Å². The molecular weight excluding hydrogens is 498 g/mol. The lowest BCUT2D eigenvalue weighted by molar-refractivity contribution is -0.111. The highest BCUT2D eigenvalue weighted by atomic mass is 32.2. The number of hydrogen-bond donors (Lipinski definition) is 3. The molecule has 9 nitrogen and oxygen atoms in total. The van der Waals surface area contributed by atoms with E-state index in [2.05, 4.69) is 47.6 Å². The number of H-pyrrole nitrogens is 1. The van der Waals surface area contributed by atoms with Crippen LogP contribution in [0.5, 0.6) is 0 Å². The second-order valence-electron chi connectivity index (χ2n) is 9.52. The quantitative estimate of drug-likeness (QED) is 0.220. The molecule has 0 saturated carbocycles. The number of nitrogens with zero attached hydrogens (tertiary/aromatic N) is 4. The van der Waals surface area contributed by atoms with Crippen LogP contribution in [0.25, 0.3) is 33.1 Å². The summed E-state index contributed by atoms with van der Waals surface area (Å²) in [6.07, 6.45) is 10.9.